The largest absolute Gasteiger partial charge is 0.506 e. The zero-order valence-electron chi connectivity index (χ0n) is 13.0. The zero-order valence-corrected chi connectivity index (χ0v) is 13.0. The maximum atomic E-state index is 14.0. The molecule has 0 amide bonds. The highest BCUT2D eigenvalue weighted by molar-refractivity contribution is 6.15. The van der Waals surface area contributed by atoms with E-state index in [1.54, 1.807) is 0 Å². The van der Waals surface area contributed by atoms with E-state index < -0.39 is 51.7 Å². The Morgan fingerprint density at radius 2 is 1.79 bits per heavy atom. The summed E-state index contributed by atoms with van der Waals surface area (Å²) >= 11 is 0. The molecule has 130 valence electrons. The number of carbonyl (C=O) groups is 1. The van der Waals surface area contributed by atoms with Gasteiger partial charge in [-0.3, -0.25) is 4.99 Å². The summed E-state index contributed by atoms with van der Waals surface area (Å²) in [6.07, 6.45) is 2.56. The van der Waals surface area contributed by atoms with Gasteiger partial charge in [-0.15, -0.1) is 0 Å². The van der Waals surface area contributed by atoms with Crippen LogP contribution in [0.1, 0.15) is 30.9 Å². The molecule has 24 heavy (non-hydrogen) atoms. The third-order valence-electron chi connectivity index (χ3n) is 3.45. The van der Waals surface area contributed by atoms with Gasteiger partial charge in [0.05, 0.1) is 18.2 Å². The number of nitrogens with zero attached hydrogens (tertiary/aromatic N) is 1. The monoisotopic (exact) mass is 345 g/mol. The van der Waals surface area contributed by atoms with Gasteiger partial charge < -0.3 is 9.84 Å². The average molecular weight is 345 g/mol. The highest BCUT2D eigenvalue weighted by Gasteiger charge is 2.28. The van der Waals surface area contributed by atoms with Crippen molar-refractivity contribution in [2.45, 2.75) is 32.7 Å². The fraction of sp³-hybridized carbons (Fsp3) is 0.375. The third kappa shape index (κ3) is 3.42. The van der Waals surface area contributed by atoms with E-state index in [1.807, 2.05) is 0 Å². The van der Waals surface area contributed by atoms with Crippen molar-refractivity contribution in [3.05, 3.63) is 40.0 Å². The number of aliphatic imine (C=N–C) groups is 1. The molecule has 0 heterocycles. The number of esters is 1. The number of hydrogen-bond donors (Lipinski definition) is 1. The molecule has 0 spiro atoms. The van der Waals surface area contributed by atoms with Crippen LogP contribution in [-0.2, 0) is 9.53 Å². The van der Waals surface area contributed by atoms with Crippen LogP contribution in [0.3, 0.4) is 0 Å². The van der Waals surface area contributed by atoms with Crippen LogP contribution in [0.15, 0.2) is 10.6 Å². The van der Waals surface area contributed by atoms with E-state index in [2.05, 4.69) is 4.99 Å². The fourth-order valence-electron chi connectivity index (χ4n) is 1.98. The minimum absolute atomic E-state index is 0.0325. The number of hydrogen-bond acceptors (Lipinski definition) is 4. The van der Waals surface area contributed by atoms with Crippen LogP contribution >= 0.6 is 0 Å². The Balaban J connectivity index is 2.64. The zero-order chi connectivity index (χ0) is 18.0. The van der Waals surface area contributed by atoms with Gasteiger partial charge in [0.25, 0.3) is 0 Å². The lowest BCUT2D eigenvalue weighted by Gasteiger charge is -2.12. The highest BCUT2D eigenvalue weighted by atomic mass is 19.2. The molecule has 1 fully saturated rings. The second-order valence-corrected chi connectivity index (χ2v) is 5.25. The van der Waals surface area contributed by atoms with Gasteiger partial charge in [-0.1, -0.05) is 0 Å². The molecular weight excluding hydrogens is 330 g/mol. The van der Waals surface area contributed by atoms with E-state index >= 15 is 0 Å². The standard InChI is InChI=1S/C16H15F4NO3/c1-3-24-16(23)9(6-21-8-4-5-8)15(22)10-7(2)11(17)13(19)14(20)12(10)18/h6,8,22H,3-5H2,1-2H3/b15-9-,21-6?. The maximum Gasteiger partial charge on any atom is 0.343 e. The van der Waals surface area contributed by atoms with E-state index in [9.17, 15) is 27.5 Å². The Morgan fingerprint density at radius 3 is 2.33 bits per heavy atom. The molecule has 1 saturated carbocycles. The summed E-state index contributed by atoms with van der Waals surface area (Å²) in [7, 11) is 0. The first-order chi connectivity index (χ1) is 11.3. The highest BCUT2D eigenvalue weighted by Crippen LogP contribution is 2.30. The number of aliphatic hydroxyl groups excluding tert-OH is 1. The molecule has 0 aromatic heterocycles. The Morgan fingerprint density at radius 1 is 1.21 bits per heavy atom. The number of rotatable bonds is 5. The third-order valence-corrected chi connectivity index (χ3v) is 3.45. The van der Waals surface area contributed by atoms with Gasteiger partial charge >= 0.3 is 5.97 Å². The molecule has 8 heteroatoms. The van der Waals surface area contributed by atoms with Crippen molar-refractivity contribution in [3.8, 4) is 0 Å². The van der Waals surface area contributed by atoms with E-state index in [0.29, 0.717) is 0 Å². The summed E-state index contributed by atoms with van der Waals surface area (Å²) in [5.41, 5.74) is -2.18. The van der Waals surface area contributed by atoms with Crippen molar-refractivity contribution in [3.63, 3.8) is 0 Å². The van der Waals surface area contributed by atoms with Gasteiger partial charge in [-0.2, -0.15) is 0 Å². The first-order valence-electron chi connectivity index (χ1n) is 7.26. The fourth-order valence-corrected chi connectivity index (χ4v) is 1.98. The smallest absolute Gasteiger partial charge is 0.343 e. The summed E-state index contributed by atoms with van der Waals surface area (Å²) in [6.45, 7) is 2.42. The predicted octanol–water partition coefficient (Wildman–Crippen LogP) is 3.62. The minimum atomic E-state index is -2.08. The van der Waals surface area contributed by atoms with Crippen molar-refractivity contribution >= 4 is 17.9 Å². The predicted molar refractivity (Wildman–Crippen MR) is 78.7 cm³/mol. The van der Waals surface area contributed by atoms with Crippen LogP contribution in [0.2, 0.25) is 0 Å². The van der Waals surface area contributed by atoms with Crippen LogP contribution in [-0.4, -0.2) is 29.9 Å². The quantitative estimate of drug-likeness (QED) is 0.169. The molecule has 0 aliphatic heterocycles. The number of ether oxygens (including phenoxy) is 1. The van der Waals surface area contributed by atoms with Gasteiger partial charge in [0.15, 0.2) is 23.3 Å². The van der Waals surface area contributed by atoms with Gasteiger partial charge in [0.2, 0.25) is 0 Å². The summed E-state index contributed by atoms with van der Waals surface area (Å²) in [5.74, 6) is -9.63. The van der Waals surface area contributed by atoms with Crippen molar-refractivity contribution in [1.29, 1.82) is 0 Å². The van der Waals surface area contributed by atoms with Gasteiger partial charge in [-0.05, 0) is 26.7 Å². The molecule has 0 atom stereocenters. The molecule has 1 N–H and O–H groups in total. The Labute approximate surface area is 135 Å². The molecule has 0 saturated heterocycles. The molecular formula is C16H15F4NO3. The first-order valence-corrected chi connectivity index (χ1v) is 7.26. The lowest BCUT2D eigenvalue weighted by molar-refractivity contribution is -0.137. The molecule has 2 rings (SSSR count). The van der Waals surface area contributed by atoms with Crippen LogP contribution in [0, 0.1) is 30.2 Å². The van der Waals surface area contributed by atoms with E-state index in [1.165, 1.54) is 6.92 Å². The van der Waals surface area contributed by atoms with Crippen LogP contribution in [0.5, 0.6) is 0 Å². The van der Waals surface area contributed by atoms with Crippen molar-refractivity contribution in [2.75, 3.05) is 6.61 Å². The number of halogens is 4. The van der Waals surface area contributed by atoms with E-state index in [-0.39, 0.29) is 12.6 Å². The summed E-state index contributed by atoms with van der Waals surface area (Å²) in [5, 5.41) is 10.2. The molecule has 0 unspecified atom stereocenters. The second kappa shape index (κ2) is 7.02. The number of carbonyl (C=O) groups excluding carboxylic acids is 1. The Bertz CT molecular complexity index is 710. The second-order valence-electron chi connectivity index (χ2n) is 5.25. The first kappa shape index (κ1) is 18.0. The van der Waals surface area contributed by atoms with Crippen LogP contribution in [0.4, 0.5) is 17.6 Å². The van der Waals surface area contributed by atoms with Crippen molar-refractivity contribution < 1.29 is 32.2 Å². The number of aliphatic hydroxyl groups is 1. The minimum Gasteiger partial charge on any atom is -0.506 e. The SMILES string of the molecule is CCOC(=O)/C(C=NC1CC1)=C(\O)c1c(C)c(F)c(F)c(F)c1F. The van der Waals surface area contributed by atoms with Crippen molar-refractivity contribution in [2.24, 2.45) is 4.99 Å². The molecule has 1 aliphatic carbocycles. The van der Waals surface area contributed by atoms with Gasteiger partial charge in [0.1, 0.15) is 11.3 Å². The molecule has 1 aliphatic rings. The van der Waals surface area contributed by atoms with Crippen LogP contribution in [0.25, 0.3) is 5.76 Å². The van der Waals surface area contributed by atoms with E-state index in [4.69, 9.17) is 4.74 Å². The lowest BCUT2D eigenvalue weighted by atomic mass is 10.0. The van der Waals surface area contributed by atoms with E-state index in [0.717, 1.165) is 26.0 Å². The Hall–Kier alpha value is -2.38. The maximum absolute atomic E-state index is 14.0. The Kier molecular flexibility index (Phi) is 5.26. The molecule has 1 aromatic rings. The number of benzene rings is 1. The average Bonchev–Trinajstić information content (AvgIpc) is 3.36. The van der Waals surface area contributed by atoms with Crippen LogP contribution < -0.4 is 0 Å². The normalized spacial score (nSPS) is 15.6. The summed E-state index contributed by atoms with van der Waals surface area (Å²) in [4.78, 5) is 15.9. The van der Waals surface area contributed by atoms with Gasteiger partial charge in [0, 0.05) is 11.8 Å². The van der Waals surface area contributed by atoms with Gasteiger partial charge in [-0.25, -0.2) is 22.4 Å². The molecule has 0 bridgehead atoms. The lowest BCUT2D eigenvalue weighted by Crippen LogP contribution is -2.14. The molecule has 0 radical (unpaired) electrons. The molecule has 4 nitrogen and oxygen atoms in total. The topological polar surface area (TPSA) is 58.9 Å². The summed E-state index contributed by atoms with van der Waals surface area (Å²) in [6, 6.07) is -0.0325. The summed E-state index contributed by atoms with van der Waals surface area (Å²) < 4.78 is 59.1. The van der Waals surface area contributed by atoms with Crippen molar-refractivity contribution in [1.82, 2.24) is 0 Å². The molecule has 1 aromatic carbocycles.